The number of ether oxygens (including phenoxy) is 1. The molecule has 0 radical (unpaired) electrons. The van der Waals surface area contributed by atoms with Crippen LogP contribution in [0, 0.1) is 13.8 Å². The molecule has 0 unspecified atom stereocenters. The molecule has 9 heteroatoms. The summed E-state index contributed by atoms with van der Waals surface area (Å²) in [5.74, 6) is 1.11. The van der Waals surface area contributed by atoms with E-state index in [1.165, 1.54) is 4.68 Å². The second kappa shape index (κ2) is 8.80. The minimum atomic E-state index is -3.86. The van der Waals surface area contributed by atoms with E-state index >= 15 is 0 Å². The molecule has 0 amide bonds. The first-order valence-corrected chi connectivity index (χ1v) is 11.6. The van der Waals surface area contributed by atoms with E-state index in [9.17, 15) is 8.42 Å². The highest BCUT2D eigenvalue weighted by atomic mass is 32.2. The van der Waals surface area contributed by atoms with Crippen LogP contribution in [-0.4, -0.2) is 35.0 Å². The number of hydrogen-bond acceptors (Lipinski definition) is 6. The van der Waals surface area contributed by atoms with Crippen molar-refractivity contribution in [2.24, 2.45) is 0 Å². The second-order valence-corrected chi connectivity index (χ2v) is 8.74. The number of anilines is 1. The Morgan fingerprint density at radius 3 is 2.28 bits per heavy atom. The SMILES string of the molecule is CCOc1ccc(NS(=O)(=O)c2c(C)nn(-c3ccc(-c4ccccc4)nn3)c2C)cc1. The Bertz CT molecular complexity index is 1320. The van der Waals surface area contributed by atoms with Gasteiger partial charge in [-0.1, -0.05) is 30.3 Å². The van der Waals surface area contributed by atoms with Gasteiger partial charge in [-0.15, -0.1) is 10.2 Å². The van der Waals surface area contributed by atoms with Crippen LogP contribution in [-0.2, 0) is 10.0 Å². The van der Waals surface area contributed by atoms with Crippen molar-refractivity contribution in [3.05, 3.63) is 78.1 Å². The average molecular weight is 450 g/mol. The lowest BCUT2D eigenvalue weighted by atomic mass is 10.1. The molecule has 4 aromatic rings. The first-order valence-electron chi connectivity index (χ1n) is 10.1. The molecule has 1 N–H and O–H groups in total. The van der Waals surface area contributed by atoms with Gasteiger partial charge in [-0.25, -0.2) is 13.1 Å². The molecule has 0 aliphatic rings. The summed E-state index contributed by atoms with van der Waals surface area (Å²) >= 11 is 0. The highest BCUT2D eigenvalue weighted by molar-refractivity contribution is 7.92. The van der Waals surface area contributed by atoms with Crippen LogP contribution in [0.15, 0.2) is 71.6 Å². The molecular weight excluding hydrogens is 426 g/mol. The van der Waals surface area contributed by atoms with Crippen molar-refractivity contribution in [2.45, 2.75) is 25.7 Å². The van der Waals surface area contributed by atoms with Crippen molar-refractivity contribution in [1.29, 1.82) is 0 Å². The standard InChI is InChI=1S/C23H23N5O3S/c1-4-31-20-12-10-19(11-13-20)27-32(29,30)23-16(2)26-28(17(23)3)22-15-14-21(24-25-22)18-8-6-5-7-9-18/h5-15,27H,4H2,1-3H3. The maximum atomic E-state index is 13.1. The summed E-state index contributed by atoms with van der Waals surface area (Å²) in [7, 11) is -3.86. The topological polar surface area (TPSA) is 99.0 Å². The molecule has 2 heterocycles. The Hall–Kier alpha value is -3.72. The number of nitrogens with zero attached hydrogens (tertiary/aromatic N) is 4. The Morgan fingerprint density at radius 1 is 0.938 bits per heavy atom. The number of benzene rings is 2. The van der Waals surface area contributed by atoms with Gasteiger partial charge in [0.25, 0.3) is 10.0 Å². The zero-order valence-corrected chi connectivity index (χ0v) is 18.8. The molecule has 0 spiro atoms. The van der Waals surface area contributed by atoms with E-state index in [2.05, 4.69) is 20.0 Å². The molecule has 32 heavy (non-hydrogen) atoms. The fourth-order valence-electron chi connectivity index (χ4n) is 3.43. The van der Waals surface area contributed by atoms with E-state index in [0.717, 1.165) is 11.3 Å². The number of nitrogens with one attached hydrogen (secondary N) is 1. The van der Waals surface area contributed by atoms with Crippen LogP contribution >= 0.6 is 0 Å². The summed E-state index contributed by atoms with van der Waals surface area (Å²) in [6, 6.07) is 20.0. The van der Waals surface area contributed by atoms with Gasteiger partial charge in [0.2, 0.25) is 0 Å². The lowest BCUT2D eigenvalue weighted by molar-refractivity contribution is 0.340. The molecule has 0 saturated heterocycles. The zero-order chi connectivity index (χ0) is 22.7. The molecule has 4 rings (SSSR count). The number of sulfonamides is 1. The Kier molecular flexibility index (Phi) is 5.91. The fourth-order valence-corrected chi connectivity index (χ4v) is 4.89. The molecular formula is C23H23N5O3S. The Morgan fingerprint density at radius 2 is 1.66 bits per heavy atom. The van der Waals surface area contributed by atoms with E-state index in [4.69, 9.17) is 4.74 Å². The number of aryl methyl sites for hydroxylation is 1. The van der Waals surface area contributed by atoms with Crippen molar-refractivity contribution in [1.82, 2.24) is 20.0 Å². The van der Waals surface area contributed by atoms with Crippen LogP contribution in [0.4, 0.5) is 5.69 Å². The first-order chi connectivity index (χ1) is 15.4. The van der Waals surface area contributed by atoms with Crippen LogP contribution in [0.5, 0.6) is 5.75 Å². The van der Waals surface area contributed by atoms with Crippen molar-refractivity contribution in [2.75, 3.05) is 11.3 Å². The van der Waals surface area contributed by atoms with Crippen LogP contribution in [0.3, 0.4) is 0 Å². The van der Waals surface area contributed by atoms with Gasteiger partial charge in [-0.05, 0) is 57.2 Å². The van der Waals surface area contributed by atoms with Crippen LogP contribution in [0.25, 0.3) is 17.1 Å². The molecule has 0 aliphatic heterocycles. The molecule has 0 saturated carbocycles. The van der Waals surface area contributed by atoms with Crippen molar-refractivity contribution < 1.29 is 13.2 Å². The van der Waals surface area contributed by atoms with Gasteiger partial charge >= 0.3 is 0 Å². The Labute approximate surface area is 187 Å². The summed E-state index contributed by atoms with van der Waals surface area (Å²) < 4.78 is 35.7. The predicted octanol–water partition coefficient (Wildman–Crippen LogP) is 4.15. The average Bonchev–Trinajstić information content (AvgIpc) is 3.10. The van der Waals surface area contributed by atoms with E-state index in [0.29, 0.717) is 35.2 Å². The highest BCUT2D eigenvalue weighted by Crippen LogP contribution is 2.26. The molecule has 0 aliphatic carbocycles. The van der Waals surface area contributed by atoms with E-state index in [1.807, 2.05) is 43.3 Å². The lowest BCUT2D eigenvalue weighted by Gasteiger charge is -2.10. The second-order valence-electron chi connectivity index (χ2n) is 7.12. The Balaban J connectivity index is 1.62. The van der Waals surface area contributed by atoms with Crippen molar-refractivity contribution in [3.63, 3.8) is 0 Å². The summed E-state index contributed by atoms with van der Waals surface area (Å²) in [6.45, 7) is 5.78. The van der Waals surface area contributed by atoms with Gasteiger partial charge in [0.15, 0.2) is 5.82 Å². The van der Waals surface area contributed by atoms with Gasteiger partial charge in [0.1, 0.15) is 10.6 Å². The molecule has 0 bridgehead atoms. The van der Waals surface area contributed by atoms with Crippen LogP contribution < -0.4 is 9.46 Å². The number of aromatic nitrogens is 4. The minimum Gasteiger partial charge on any atom is -0.494 e. The summed E-state index contributed by atoms with van der Waals surface area (Å²) in [4.78, 5) is 0.111. The minimum absolute atomic E-state index is 0.111. The molecule has 2 aromatic heterocycles. The van der Waals surface area contributed by atoms with E-state index < -0.39 is 10.0 Å². The molecule has 2 aromatic carbocycles. The van der Waals surface area contributed by atoms with Gasteiger partial charge in [0.05, 0.1) is 23.7 Å². The summed E-state index contributed by atoms with van der Waals surface area (Å²) in [5, 5.41) is 12.9. The van der Waals surface area contributed by atoms with Crippen LogP contribution in [0.2, 0.25) is 0 Å². The fraction of sp³-hybridized carbons (Fsp3) is 0.174. The van der Waals surface area contributed by atoms with Crippen LogP contribution in [0.1, 0.15) is 18.3 Å². The summed E-state index contributed by atoms with van der Waals surface area (Å²) in [6.07, 6.45) is 0. The first kappa shape index (κ1) is 21.5. The zero-order valence-electron chi connectivity index (χ0n) is 18.0. The van der Waals surface area contributed by atoms with Crippen molar-refractivity contribution >= 4 is 15.7 Å². The normalized spacial score (nSPS) is 11.3. The van der Waals surface area contributed by atoms with E-state index in [-0.39, 0.29) is 4.90 Å². The quantitative estimate of drug-likeness (QED) is 0.455. The third kappa shape index (κ3) is 4.33. The largest absolute Gasteiger partial charge is 0.494 e. The molecule has 0 fully saturated rings. The predicted molar refractivity (Wildman–Crippen MR) is 122 cm³/mol. The van der Waals surface area contributed by atoms with Gasteiger partial charge in [-0.3, -0.25) is 4.72 Å². The van der Waals surface area contributed by atoms with Crippen molar-refractivity contribution in [3.8, 4) is 22.8 Å². The maximum Gasteiger partial charge on any atom is 0.265 e. The molecule has 164 valence electrons. The van der Waals surface area contributed by atoms with Gasteiger partial charge < -0.3 is 4.74 Å². The lowest BCUT2D eigenvalue weighted by Crippen LogP contribution is -2.15. The smallest absolute Gasteiger partial charge is 0.265 e. The van der Waals surface area contributed by atoms with Gasteiger partial charge in [0, 0.05) is 11.3 Å². The molecule has 8 nitrogen and oxygen atoms in total. The van der Waals surface area contributed by atoms with Gasteiger partial charge in [-0.2, -0.15) is 5.10 Å². The molecule has 0 atom stereocenters. The third-order valence-electron chi connectivity index (χ3n) is 4.85. The maximum absolute atomic E-state index is 13.1. The summed E-state index contributed by atoms with van der Waals surface area (Å²) in [5.41, 5.74) is 2.92. The number of rotatable bonds is 7. The van der Waals surface area contributed by atoms with E-state index in [1.54, 1.807) is 44.2 Å². The number of hydrogen-bond donors (Lipinski definition) is 1. The monoisotopic (exact) mass is 449 g/mol. The highest BCUT2D eigenvalue weighted by Gasteiger charge is 2.26. The third-order valence-corrected chi connectivity index (χ3v) is 6.48.